The average Bonchev–Trinajstić information content (AvgIpc) is 2.06. The van der Waals surface area contributed by atoms with Gasteiger partial charge in [-0.3, -0.25) is 4.98 Å². The van der Waals surface area contributed by atoms with Crippen LogP contribution in [0.4, 0.5) is 0 Å². The van der Waals surface area contributed by atoms with Gasteiger partial charge in [0.1, 0.15) is 0 Å². The van der Waals surface area contributed by atoms with Crippen molar-refractivity contribution < 1.29 is 0 Å². The Morgan fingerprint density at radius 3 is 2.92 bits per heavy atom. The predicted molar refractivity (Wildman–Crippen MR) is 53.9 cm³/mol. The lowest BCUT2D eigenvalue weighted by atomic mass is 10.1. The maximum absolute atomic E-state index is 5.49. The van der Waals surface area contributed by atoms with E-state index >= 15 is 0 Å². The summed E-state index contributed by atoms with van der Waals surface area (Å²) in [5.41, 5.74) is 6.53. The lowest BCUT2D eigenvalue weighted by Gasteiger charge is -2.07. The Kier molecular flexibility index (Phi) is 3.17. The maximum Gasteiger partial charge on any atom is 0.0759 e. The van der Waals surface area contributed by atoms with E-state index in [4.69, 9.17) is 18.0 Å². The zero-order valence-electron chi connectivity index (χ0n) is 7.03. The van der Waals surface area contributed by atoms with Crippen LogP contribution in [0.15, 0.2) is 24.4 Å². The monoisotopic (exact) mass is 180 g/mol. The van der Waals surface area contributed by atoms with Crippen LogP contribution in [0.3, 0.4) is 0 Å². The number of nitrogens with two attached hydrogens (primary N) is 1. The largest absolute Gasteiger partial charge is 0.393 e. The molecule has 0 saturated heterocycles. The summed E-state index contributed by atoms with van der Waals surface area (Å²) in [6.07, 6.45) is 2.61. The van der Waals surface area contributed by atoms with Gasteiger partial charge >= 0.3 is 0 Å². The van der Waals surface area contributed by atoms with E-state index in [-0.39, 0.29) is 5.92 Å². The van der Waals surface area contributed by atoms with Crippen molar-refractivity contribution in [1.82, 2.24) is 4.98 Å². The molecule has 0 spiro atoms. The van der Waals surface area contributed by atoms with Crippen molar-refractivity contribution in [2.75, 3.05) is 0 Å². The maximum atomic E-state index is 5.49. The summed E-state index contributed by atoms with van der Waals surface area (Å²) in [6, 6.07) is 5.85. The summed E-state index contributed by atoms with van der Waals surface area (Å²) < 4.78 is 0. The number of thiocarbonyl (C=S) groups is 1. The minimum absolute atomic E-state index is 0.231. The Morgan fingerprint density at radius 2 is 2.42 bits per heavy atom. The third kappa shape index (κ3) is 2.58. The molecule has 0 fully saturated rings. The number of rotatable bonds is 3. The van der Waals surface area contributed by atoms with Gasteiger partial charge in [0.05, 0.1) is 4.99 Å². The van der Waals surface area contributed by atoms with Crippen LogP contribution in [0.2, 0.25) is 0 Å². The molecule has 1 atom stereocenters. The number of aromatic nitrogens is 1. The molecule has 1 heterocycles. The molecular weight excluding hydrogens is 168 g/mol. The Bertz CT molecular complexity index is 258. The van der Waals surface area contributed by atoms with E-state index in [1.165, 1.54) is 0 Å². The molecule has 2 nitrogen and oxygen atoms in total. The van der Waals surface area contributed by atoms with E-state index in [2.05, 4.69) is 4.98 Å². The third-order valence-corrected chi connectivity index (χ3v) is 2.13. The summed E-state index contributed by atoms with van der Waals surface area (Å²) in [4.78, 5) is 4.74. The first-order valence-electron chi connectivity index (χ1n) is 3.89. The SMILES string of the molecule is CC(Cc1ccccn1)C(N)=S. The van der Waals surface area contributed by atoms with Crippen molar-refractivity contribution in [1.29, 1.82) is 0 Å². The molecule has 0 aliphatic carbocycles. The van der Waals surface area contributed by atoms with Gasteiger partial charge in [0, 0.05) is 17.8 Å². The van der Waals surface area contributed by atoms with Crippen LogP contribution in [0.5, 0.6) is 0 Å². The fourth-order valence-electron chi connectivity index (χ4n) is 0.933. The normalized spacial score (nSPS) is 12.4. The van der Waals surface area contributed by atoms with Gasteiger partial charge < -0.3 is 5.73 Å². The van der Waals surface area contributed by atoms with Crippen LogP contribution in [0, 0.1) is 5.92 Å². The first-order valence-corrected chi connectivity index (χ1v) is 4.30. The van der Waals surface area contributed by atoms with Gasteiger partial charge in [0.15, 0.2) is 0 Å². The van der Waals surface area contributed by atoms with Crippen LogP contribution in [0.25, 0.3) is 0 Å². The van der Waals surface area contributed by atoms with E-state index in [1.54, 1.807) is 6.20 Å². The molecule has 0 amide bonds. The zero-order chi connectivity index (χ0) is 8.97. The molecule has 3 heteroatoms. The molecule has 0 aliphatic heterocycles. The van der Waals surface area contributed by atoms with Gasteiger partial charge in [0.25, 0.3) is 0 Å². The van der Waals surface area contributed by atoms with Crippen LogP contribution in [-0.2, 0) is 6.42 Å². The Labute approximate surface area is 77.8 Å². The standard InChI is InChI=1S/C9H12N2S/c1-7(9(10)12)6-8-4-2-3-5-11-8/h2-5,7H,6H2,1H3,(H2,10,12). The van der Waals surface area contributed by atoms with Gasteiger partial charge in [-0.1, -0.05) is 25.2 Å². The molecule has 1 rings (SSSR count). The molecular formula is C9H12N2S. The predicted octanol–water partition coefficient (Wildman–Crippen LogP) is 1.55. The topological polar surface area (TPSA) is 38.9 Å². The molecule has 2 N–H and O–H groups in total. The second-order valence-corrected chi connectivity index (χ2v) is 3.30. The minimum Gasteiger partial charge on any atom is -0.393 e. The van der Waals surface area contributed by atoms with Crippen molar-refractivity contribution in [3.05, 3.63) is 30.1 Å². The molecule has 0 bridgehead atoms. The first-order chi connectivity index (χ1) is 5.70. The smallest absolute Gasteiger partial charge is 0.0759 e. The Morgan fingerprint density at radius 1 is 1.67 bits per heavy atom. The molecule has 12 heavy (non-hydrogen) atoms. The van der Waals surface area contributed by atoms with Gasteiger partial charge in [-0.15, -0.1) is 0 Å². The van der Waals surface area contributed by atoms with Crippen LogP contribution < -0.4 is 5.73 Å². The lowest BCUT2D eigenvalue weighted by molar-refractivity contribution is 0.751. The molecule has 1 unspecified atom stereocenters. The highest BCUT2D eigenvalue weighted by atomic mass is 32.1. The molecule has 64 valence electrons. The fraction of sp³-hybridized carbons (Fsp3) is 0.333. The van der Waals surface area contributed by atoms with Crippen LogP contribution in [-0.4, -0.2) is 9.97 Å². The van der Waals surface area contributed by atoms with Crippen molar-refractivity contribution in [3.63, 3.8) is 0 Å². The van der Waals surface area contributed by atoms with E-state index in [9.17, 15) is 0 Å². The minimum atomic E-state index is 0.231. The summed E-state index contributed by atoms with van der Waals surface area (Å²) >= 11 is 4.87. The molecule has 0 aliphatic rings. The van der Waals surface area contributed by atoms with E-state index in [1.807, 2.05) is 25.1 Å². The van der Waals surface area contributed by atoms with Gasteiger partial charge in [0.2, 0.25) is 0 Å². The molecule has 0 radical (unpaired) electrons. The van der Waals surface area contributed by atoms with Crippen molar-refractivity contribution >= 4 is 17.2 Å². The molecule has 0 saturated carbocycles. The van der Waals surface area contributed by atoms with Gasteiger partial charge in [-0.25, -0.2) is 0 Å². The summed E-state index contributed by atoms with van der Waals surface area (Å²) in [6.45, 7) is 2.01. The first kappa shape index (κ1) is 9.13. The van der Waals surface area contributed by atoms with Crippen LogP contribution in [0.1, 0.15) is 12.6 Å². The zero-order valence-corrected chi connectivity index (χ0v) is 7.84. The quantitative estimate of drug-likeness (QED) is 0.717. The van der Waals surface area contributed by atoms with Crippen LogP contribution >= 0.6 is 12.2 Å². The lowest BCUT2D eigenvalue weighted by Crippen LogP contribution is -2.20. The summed E-state index contributed by atoms with van der Waals surface area (Å²) in [7, 11) is 0. The van der Waals surface area contributed by atoms with Gasteiger partial charge in [-0.05, 0) is 18.6 Å². The van der Waals surface area contributed by atoms with E-state index < -0.39 is 0 Å². The summed E-state index contributed by atoms with van der Waals surface area (Å²) in [5.74, 6) is 0.231. The molecule has 0 aromatic carbocycles. The number of hydrogen-bond donors (Lipinski definition) is 1. The molecule has 1 aromatic heterocycles. The third-order valence-electron chi connectivity index (χ3n) is 1.73. The molecule has 1 aromatic rings. The van der Waals surface area contributed by atoms with E-state index in [0.717, 1.165) is 12.1 Å². The van der Waals surface area contributed by atoms with Crippen molar-refractivity contribution in [2.45, 2.75) is 13.3 Å². The highest BCUT2D eigenvalue weighted by Gasteiger charge is 2.05. The number of nitrogens with zero attached hydrogens (tertiary/aromatic N) is 1. The second-order valence-electron chi connectivity index (χ2n) is 2.83. The second kappa shape index (κ2) is 4.16. The number of hydrogen-bond acceptors (Lipinski definition) is 2. The highest BCUT2D eigenvalue weighted by molar-refractivity contribution is 7.80. The highest BCUT2D eigenvalue weighted by Crippen LogP contribution is 2.05. The van der Waals surface area contributed by atoms with Crippen molar-refractivity contribution in [2.24, 2.45) is 11.7 Å². The Hall–Kier alpha value is -0.960. The van der Waals surface area contributed by atoms with E-state index in [0.29, 0.717) is 4.99 Å². The van der Waals surface area contributed by atoms with Gasteiger partial charge in [-0.2, -0.15) is 0 Å². The average molecular weight is 180 g/mol. The number of pyridine rings is 1. The fourth-order valence-corrected chi connectivity index (χ4v) is 1.02. The Balaban J connectivity index is 2.58. The van der Waals surface area contributed by atoms with Crippen molar-refractivity contribution in [3.8, 4) is 0 Å². The summed E-state index contributed by atoms with van der Waals surface area (Å²) in [5, 5.41) is 0.